The number of nitrogens with two attached hydrogens (primary N) is 2. The van der Waals surface area contributed by atoms with Crippen molar-refractivity contribution in [2.45, 2.75) is 24.7 Å². The number of aromatic nitrogens is 1. The molecule has 2 rings (SSSR count). The molecule has 1 aliphatic rings. The molecule has 144 valence electrons. The molecule has 0 atom stereocenters. The van der Waals surface area contributed by atoms with Crippen LogP contribution >= 0.6 is 0 Å². The zero-order valence-corrected chi connectivity index (χ0v) is 15.3. The van der Waals surface area contributed by atoms with Gasteiger partial charge in [-0.3, -0.25) is 4.79 Å². The number of carbonyl (C=O) groups excluding carboxylic acids is 1. The average molecular weight is 386 g/mol. The molecule has 0 radical (unpaired) electrons. The number of piperidine rings is 1. The van der Waals surface area contributed by atoms with Crippen molar-refractivity contribution in [3.8, 4) is 5.88 Å². The Kier molecular flexibility index (Phi) is 6.32. The number of pyridine rings is 1. The van der Waals surface area contributed by atoms with Crippen molar-refractivity contribution in [2.24, 2.45) is 16.9 Å². The average Bonchev–Trinajstić information content (AvgIpc) is 2.63. The summed E-state index contributed by atoms with van der Waals surface area (Å²) in [4.78, 5) is 15.5. The van der Waals surface area contributed by atoms with Gasteiger partial charge in [0, 0.05) is 36.7 Å². The van der Waals surface area contributed by atoms with Gasteiger partial charge in [-0.05, 0) is 18.9 Å². The fraction of sp³-hybridized carbons (Fsp3) is 0.500. The van der Waals surface area contributed by atoms with E-state index in [0.717, 1.165) is 0 Å². The smallest absolute Gasteiger partial charge is 0.244 e. The van der Waals surface area contributed by atoms with E-state index in [0.29, 0.717) is 19.2 Å². The SMILES string of the molecule is CC1(C(N)=O)CCN(S(=O)(=O)c2ccc(OC/C(=C\F)CN)nc2)CC1. The van der Waals surface area contributed by atoms with E-state index in [-0.39, 0.29) is 42.6 Å². The first-order valence-electron chi connectivity index (χ1n) is 8.10. The molecule has 10 heteroatoms. The quantitative estimate of drug-likeness (QED) is 0.704. The summed E-state index contributed by atoms with van der Waals surface area (Å²) in [5.74, 6) is -0.256. The molecule has 8 nitrogen and oxygen atoms in total. The first-order valence-corrected chi connectivity index (χ1v) is 9.54. The van der Waals surface area contributed by atoms with Gasteiger partial charge in [0.05, 0.1) is 12.5 Å². The van der Waals surface area contributed by atoms with Crippen LogP contribution in [0.15, 0.2) is 35.1 Å². The Morgan fingerprint density at radius 1 is 1.42 bits per heavy atom. The largest absolute Gasteiger partial charge is 0.473 e. The highest BCUT2D eigenvalue weighted by Gasteiger charge is 2.39. The molecule has 1 fully saturated rings. The van der Waals surface area contributed by atoms with Gasteiger partial charge in [-0.1, -0.05) is 6.92 Å². The second-order valence-electron chi connectivity index (χ2n) is 6.42. The fourth-order valence-corrected chi connectivity index (χ4v) is 3.91. The molecule has 1 aliphatic heterocycles. The molecular weight excluding hydrogens is 363 g/mol. The summed E-state index contributed by atoms with van der Waals surface area (Å²) in [5, 5.41) is 0. The summed E-state index contributed by atoms with van der Waals surface area (Å²) < 4.78 is 44.4. The maximum Gasteiger partial charge on any atom is 0.244 e. The first kappa shape index (κ1) is 20.3. The number of hydrogen-bond donors (Lipinski definition) is 2. The Hall–Kier alpha value is -2.04. The second kappa shape index (κ2) is 8.11. The number of amides is 1. The van der Waals surface area contributed by atoms with E-state index < -0.39 is 21.3 Å². The highest BCUT2D eigenvalue weighted by atomic mass is 32.2. The van der Waals surface area contributed by atoms with E-state index in [2.05, 4.69) is 4.98 Å². The van der Waals surface area contributed by atoms with Gasteiger partial charge in [0.1, 0.15) is 11.5 Å². The molecule has 4 N–H and O–H groups in total. The summed E-state index contributed by atoms with van der Waals surface area (Å²) in [6.45, 7) is 2.11. The minimum absolute atomic E-state index is 0.0160. The summed E-state index contributed by atoms with van der Waals surface area (Å²) >= 11 is 0. The molecule has 0 bridgehead atoms. The molecule has 1 aromatic rings. The van der Waals surface area contributed by atoms with Crippen molar-refractivity contribution >= 4 is 15.9 Å². The molecule has 0 spiro atoms. The third kappa shape index (κ3) is 4.37. The third-order valence-corrected chi connectivity index (χ3v) is 6.47. The minimum Gasteiger partial charge on any atom is -0.473 e. The van der Waals surface area contributed by atoms with Gasteiger partial charge < -0.3 is 16.2 Å². The van der Waals surface area contributed by atoms with Crippen LogP contribution in [0, 0.1) is 5.41 Å². The summed E-state index contributed by atoms with van der Waals surface area (Å²) in [6, 6.07) is 2.78. The molecule has 2 heterocycles. The van der Waals surface area contributed by atoms with Crippen molar-refractivity contribution in [3.05, 3.63) is 30.2 Å². The lowest BCUT2D eigenvalue weighted by Crippen LogP contribution is -2.47. The lowest BCUT2D eigenvalue weighted by molar-refractivity contribution is -0.128. The van der Waals surface area contributed by atoms with E-state index in [4.69, 9.17) is 16.2 Å². The van der Waals surface area contributed by atoms with Crippen molar-refractivity contribution < 1.29 is 22.3 Å². The van der Waals surface area contributed by atoms with Crippen LogP contribution in [0.25, 0.3) is 0 Å². The van der Waals surface area contributed by atoms with Gasteiger partial charge in [0.15, 0.2) is 0 Å². The van der Waals surface area contributed by atoms with Crippen LogP contribution in [0.4, 0.5) is 4.39 Å². The summed E-state index contributed by atoms with van der Waals surface area (Å²) in [5.41, 5.74) is 10.3. The molecule has 1 amide bonds. The number of carbonyl (C=O) groups is 1. The Morgan fingerprint density at radius 3 is 2.54 bits per heavy atom. The van der Waals surface area contributed by atoms with Crippen LogP contribution in [0.5, 0.6) is 5.88 Å². The molecule has 0 aromatic carbocycles. The van der Waals surface area contributed by atoms with Gasteiger partial charge in [-0.15, -0.1) is 0 Å². The van der Waals surface area contributed by atoms with Crippen LogP contribution in [-0.4, -0.2) is 49.9 Å². The van der Waals surface area contributed by atoms with E-state index in [1.165, 1.54) is 22.6 Å². The van der Waals surface area contributed by atoms with Crippen LogP contribution in [0.2, 0.25) is 0 Å². The van der Waals surface area contributed by atoms with Gasteiger partial charge in [0.25, 0.3) is 0 Å². The fourth-order valence-electron chi connectivity index (χ4n) is 2.52. The van der Waals surface area contributed by atoms with Crippen molar-refractivity contribution in [3.63, 3.8) is 0 Å². The highest BCUT2D eigenvalue weighted by molar-refractivity contribution is 7.89. The van der Waals surface area contributed by atoms with E-state index >= 15 is 0 Å². The number of halogens is 1. The number of ether oxygens (including phenoxy) is 1. The highest BCUT2D eigenvalue weighted by Crippen LogP contribution is 2.32. The Balaban J connectivity index is 2.05. The van der Waals surface area contributed by atoms with Crippen LogP contribution < -0.4 is 16.2 Å². The number of primary amides is 1. The standard InChI is InChI=1S/C16H23FN4O4S/c1-16(15(19)22)4-6-21(7-5-16)26(23,24)13-2-3-14(20-10-13)25-11-12(8-17)9-18/h2-3,8,10H,4-7,9,11,18H2,1H3,(H2,19,22)/b12-8-. The molecule has 0 unspecified atom stereocenters. The van der Waals surface area contributed by atoms with Gasteiger partial charge in [0.2, 0.25) is 21.8 Å². The molecule has 0 aliphatic carbocycles. The zero-order chi connectivity index (χ0) is 19.4. The predicted octanol–water partition coefficient (Wildman–Crippen LogP) is 0.549. The molecule has 1 saturated heterocycles. The maximum absolute atomic E-state index is 12.7. The van der Waals surface area contributed by atoms with Crippen molar-refractivity contribution in [1.82, 2.24) is 9.29 Å². The second-order valence-corrected chi connectivity index (χ2v) is 8.36. The number of hydrogen-bond acceptors (Lipinski definition) is 6. The molecular formula is C16H23FN4O4S. The maximum atomic E-state index is 12.7. The molecule has 26 heavy (non-hydrogen) atoms. The summed E-state index contributed by atoms with van der Waals surface area (Å²) in [7, 11) is -3.72. The number of rotatable bonds is 7. The Bertz CT molecular complexity index is 772. The Morgan fingerprint density at radius 2 is 2.08 bits per heavy atom. The lowest BCUT2D eigenvalue weighted by Gasteiger charge is -2.36. The molecule has 0 saturated carbocycles. The molecule has 1 aromatic heterocycles. The normalized spacial score (nSPS) is 18.5. The third-order valence-electron chi connectivity index (χ3n) is 4.59. The van der Waals surface area contributed by atoms with E-state index in [9.17, 15) is 17.6 Å². The van der Waals surface area contributed by atoms with Crippen molar-refractivity contribution in [2.75, 3.05) is 26.2 Å². The number of sulfonamides is 1. The van der Waals surface area contributed by atoms with Crippen LogP contribution in [-0.2, 0) is 14.8 Å². The van der Waals surface area contributed by atoms with Gasteiger partial charge in [-0.2, -0.15) is 4.31 Å². The lowest BCUT2D eigenvalue weighted by atomic mass is 9.80. The first-order chi connectivity index (χ1) is 12.2. The van der Waals surface area contributed by atoms with Crippen LogP contribution in [0.3, 0.4) is 0 Å². The van der Waals surface area contributed by atoms with Crippen molar-refractivity contribution in [1.29, 1.82) is 0 Å². The van der Waals surface area contributed by atoms with Crippen LogP contribution in [0.1, 0.15) is 19.8 Å². The minimum atomic E-state index is -3.72. The predicted molar refractivity (Wildman–Crippen MR) is 93.3 cm³/mol. The topological polar surface area (TPSA) is 129 Å². The Labute approximate surface area is 152 Å². The van der Waals surface area contributed by atoms with E-state index in [1.54, 1.807) is 6.92 Å². The van der Waals surface area contributed by atoms with E-state index in [1.807, 2.05) is 0 Å². The summed E-state index contributed by atoms with van der Waals surface area (Å²) in [6.07, 6.45) is 2.30. The van der Waals surface area contributed by atoms with Gasteiger partial charge >= 0.3 is 0 Å². The van der Waals surface area contributed by atoms with Gasteiger partial charge in [-0.25, -0.2) is 17.8 Å². The number of nitrogens with zero attached hydrogens (tertiary/aromatic N) is 2. The zero-order valence-electron chi connectivity index (χ0n) is 14.5. The monoisotopic (exact) mass is 386 g/mol.